The number of carboxylic acids is 1. The van der Waals surface area contributed by atoms with Gasteiger partial charge in [-0.15, -0.1) is 0 Å². The lowest BCUT2D eigenvalue weighted by Crippen LogP contribution is -2.22. The highest BCUT2D eigenvalue weighted by atomic mass is 79.9. The molecule has 4 rings (SSSR count). The van der Waals surface area contributed by atoms with Gasteiger partial charge in [0.25, 0.3) is 5.56 Å². The third kappa shape index (κ3) is 5.89. The van der Waals surface area contributed by atoms with Gasteiger partial charge in [-0.3, -0.25) is 14.9 Å². The third-order valence-electron chi connectivity index (χ3n) is 5.45. The largest absolute Gasteiger partial charge is 0.482 e. The molecule has 0 unspecified atom stereocenters. The molecule has 0 amide bonds. The molecule has 0 aliphatic rings. The number of rotatable bonds is 9. The molecule has 0 radical (unpaired) electrons. The number of aryl methyl sites for hydroxylation is 1. The van der Waals surface area contributed by atoms with Gasteiger partial charge in [-0.05, 0) is 54.4 Å². The number of aromatic nitrogens is 2. The van der Waals surface area contributed by atoms with E-state index < -0.39 is 10.9 Å². The molecule has 0 saturated carbocycles. The number of hydrogen-bond donors (Lipinski definition) is 1. The Morgan fingerprint density at radius 1 is 1.19 bits per heavy atom. The fourth-order valence-corrected chi connectivity index (χ4v) is 3.97. The molecule has 11 heteroatoms. The van der Waals surface area contributed by atoms with Gasteiger partial charge in [0.15, 0.2) is 5.75 Å². The summed E-state index contributed by atoms with van der Waals surface area (Å²) in [6, 6.07) is 15.6. The number of aromatic carboxylic acids is 1. The maximum Gasteiger partial charge on any atom is 0.335 e. The van der Waals surface area contributed by atoms with Gasteiger partial charge in [0.1, 0.15) is 12.4 Å². The van der Waals surface area contributed by atoms with Crippen LogP contribution in [0.3, 0.4) is 0 Å². The van der Waals surface area contributed by atoms with E-state index in [0.29, 0.717) is 34.3 Å². The topological polar surface area (TPSA) is 137 Å². The van der Waals surface area contributed by atoms with Gasteiger partial charge in [-0.25, -0.2) is 9.78 Å². The van der Waals surface area contributed by atoms with Gasteiger partial charge >= 0.3 is 11.7 Å². The second-order valence-corrected chi connectivity index (χ2v) is 8.99. The number of halogens is 1. The SMILES string of the molecule is CCCc1nc2ccc(Br)cc2c(=O)n1N=Cc1ccc(OCc2ccc(C(=O)O)cc2)c([N+](=O)[O-])c1. The summed E-state index contributed by atoms with van der Waals surface area (Å²) in [6.07, 6.45) is 2.65. The van der Waals surface area contributed by atoms with E-state index in [0.717, 1.165) is 10.9 Å². The molecule has 0 atom stereocenters. The fourth-order valence-electron chi connectivity index (χ4n) is 3.61. The number of carbonyl (C=O) groups is 1. The molecule has 0 aliphatic heterocycles. The quantitative estimate of drug-likeness (QED) is 0.168. The zero-order valence-electron chi connectivity index (χ0n) is 19.6. The Bertz CT molecular complexity index is 1580. The minimum atomic E-state index is -1.04. The van der Waals surface area contributed by atoms with E-state index in [1.54, 1.807) is 30.3 Å². The van der Waals surface area contributed by atoms with Gasteiger partial charge < -0.3 is 9.84 Å². The van der Waals surface area contributed by atoms with Crippen LogP contribution in [-0.4, -0.2) is 31.9 Å². The fraction of sp³-hybridized carbons (Fsp3) is 0.154. The van der Waals surface area contributed by atoms with Crippen molar-refractivity contribution in [2.75, 3.05) is 0 Å². The zero-order chi connectivity index (χ0) is 26.5. The van der Waals surface area contributed by atoms with Crippen LogP contribution < -0.4 is 10.3 Å². The van der Waals surface area contributed by atoms with Crippen LogP contribution in [-0.2, 0) is 13.0 Å². The molecule has 188 valence electrons. The Hall–Kier alpha value is -4.38. The number of hydrogen-bond acceptors (Lipinski definition) is 7. The van der Waals surface area contributed by atoms with Crippen molar-refractivity contribution >= 4 is 44.7 Å². The molecule has 0 saturated heterocycles. The minimum absolute atomic E-state index is 0.0161. The van der Waals surface area contributed by atoms with Crippen molar-refractivity contribution in [3.63, 3.8) is 0 Å². The van der Waals surface area contributed by atoms with Crippen molar-refractivity contribution in [3.05, 3.63) is 108 Å². The Labute approximate surface area is 219 Å². The number of benzene rings is 3. The molecule has 0 bridgehead atoms. The van der Waals surface area contributed by atoms with Crippen LogP contribution in [0.15, 0.2) is 75.0 Å². The van der Waals surface area contributed by atoms with E-state index in [-0.39, 0.29) is 29.2 Å². The molecule has 1 heterocycles. The molecule has 0 fully saturated rings. The first kappa shape index (κ1) is 25.7. The molecular weight excluding hydrogens is 544 g/mol. The Morgan fingerprint density at radius 3 is 2.62 bits per heavy atom. The molecule has 3 aromatic carbocycles. The Morgan fingerprint density at radius 2 is 1.95 bits per heavy atom. The van der Waals surface area contributed by atoms with E-state index >= 15 is 0 Å². The summed E-state index contributed by atoms with van der Waals surface area (Å²) in [6.45, 7) is 1.98. The maximum absolute atomic E-state index is 13.1. The third-order valence-corrected chi connectivity index (χ3v) is 5.94. The molecular formula is C26H21BrN4O6. The highest BCUT2D eigenvalue weighted by Crippen LogP contribution is 2.28. The van der Waals surface area contributed by atoms with Crippen molar-refractivity contribution in [3.8, 4) is 5.75 Å². The van der Waals surface area contributed by atoms with Crippen molar-refractivity contribution in [2.45, 2.75) is 26.4 Å². The highest BCUT2D eigenvalue weighted by molar-refractivity contribution is 9.10. The van der Waals surface area contributed by atoms with Crippen molar-refractivity contribution in [1.82, 2.24) is 9.66 Å². The van der Waals surface area contributed by atoms with Crippen LogP contribution in [0.25, 0.3) is 10.9 Å². The van der Waals surface area contributed by atoms with Crippen LogP contribution in [0.1, 0.15) is 40.7 Å². The van der Waals surface area contributed by atoms with Crippen molar-refractivity contribution in [2.24, 2.45) is 5.10 Å². The molecule has 37 heavy (non-hydrogen) atoms. The van der Waals surface area contributed by atoms with E-state index in [1.165, 1.54) is 35.2 Å². The van der Waals surface area contributed by atoms with Crippen LogP contribution in [0.2, 0.25) is 0 Å². The summed E-state index contributed by atoms with van der Waals surface area (Å²) in [7, 11) is 0. The number of fused-ring (bicyclic) bond motifs is 1. The van der Waals surface area contributed by atoms with Crippen molar-refractivity contribution < 1.29 is 19.6 Å². The Kier molecular flexibility index (Phi) is 7.73. The standard InChI is InChI=1S/C26H21BrN4O6/c1-2-3-24-29-21-10-9-19(27)13-20(21)25(32)30(24)28-14-17-6-11-23(22(12-17)31(35)36)37-15-16-4-7-18(8-5-16)26(33)34/h4-14H,2-3,15H2,1H3,(H,33,34). The highest BCUT2D eigenvalue weighted by Gasteiger charge is 2.17. The normalized spacial score (nSPS) is 11.2. The van der Waals surface area contributed by atoms with Crippen LogP contribution in [0.4, 0.5) is 5.69 Å². The first-order chi connectivity index (χ1) is 17.8. The lowest BCUT2D eigenvalue weighted by Gasteiger charge is -2.09. The Balaban J connectivity index is 1.62. The summed E-state index contributed by atoms with van der Waals surface area (Å²) >= 11 is 3.37. The van der Waals surface area contributed by atoms with E-state index in [9.17, 15) is 19.7 Å². The van der Waals surface area contributed by atoms with Gasteiger partial charge in [0.05, 0.1) is 27.6 Å². The number of carboxylic acid groups (broad SMARTS) is 1. The summed E-state index contributed by atoms with van der Waals surface area (Å²) < 4.78 is 7.58. The molecule has 4 aromatic rings. The molecule has 1 N–H and O–H groups in total. The van der Waals surface area contributed by atoms with Crippen LogP contribution in [0.5, 0.6) is 5.75 Å². The average Bonchev–Trinajstić information content (AvgIpc) is 2.88. The number of nitrogens with zero attached hydrogens (tertiary/aromatic N) is 4. The van der Waals surface area contributed by atoms with Crippen LogP contribution in [0, 0.1) is 10.1 Å². The monoisotopic (exact) mass is 564 g/mol. The summed E-state index contributed by atoms with van der Waals surface area (Å²) in [5.41, 5.74) is 1.14. The first-order valence-corrected chi connectivity index (χ1v) is 12.0. The lowest BCUT2D eigenvalue weighted by atomic mass is 10.1. The maximum atomic E-state index is 13.1. The van der Waals surface area contributed by atoms with E-state index in [2.05, 4.69) is 26.0 Å². The molecule has 10 nitrogen and oxygen atoms in total. The molecule has 0 spiro atoms. The summed E-state index contributed by atoms with van der Waals surface area (Å²) in [5.74, 6) is -0.510. The van der Waals surface area contributed by atoms with E-state index in [4.69, 9.17) is 9.84 Å². The van der Waals surface area contributed by atoms with Crippen LogP contribution >= 0.6 is 15.9 Å². The van der Waals surface area contributed by atoms with Gasteiger partial charge in [-0.1, -0.05) is 35.0 Å². The van der Waals surface area contributed by atoms with Gasteiger partial charge in [0.2, 0.25) is 0 Å². The average molecular weight is 565 g/mol. The second kappa shape index (κ2) is 11.1. The lowest BCUT2D eigenvalue weighted by molar-refractivity contribution is -0.385. The smallest absolute Gasteiger partial charge is 0.335 e. The molecule has 0 aliphatic carbocycles. The van der Waals surface area contributed by atoms with Gasteiger partial charge in [0, 0.05) is 22.5 Å². The van der Waals surface area contributed by atoms with Gasteiger partial charge in [-0.2, -0.15) is 9.78 Å². The zero-order valence-corrected chi connectivity index (χ0v) is 21.2. The van der Waals surface area contributed by atoms with E-state index in [1.807, 2.05) is 13.0 Å². The summed E-state index contributed by atoms with van der Waals surface area (Å²) in [4.78, 5) is 39.8. The first-order valence-electron chi connectivity index (χ1n) is 11.3. The predicted octanol–water partition coefficient (Wildman–Crippen LogP) is 5.18. The molecule has 1 aromatic heterocycles. The van der Waals surface area contributed by atoms with Crippen molar-refractivity contribution in [1.29, 1.82) is 0 Å². The number of nitro benzene ring substituents is 1. The predicted molar refractivity (Wildman–Crippen MR) is 142 cm³/mol. The second-order valence-electron chi connectivity index (χ2n) is 8.08. The minimum Gasteiger partial charge on any atom is -0.482 e. The number of nitro groups is 1. The summed E-state index contributed by atoms with van der Waals surface area (Å²) in [5, 5.41) is 25.4. The number of ether oxygens (including phenoxy) is 1.